The minimum Gasteiger partial charge on any atom is -0.489 e. The van der Waals surface area contributed by atoms with E-state index >= 15 is 0 Å². The molecule has 1 aromatic carbocycles. The zero-order valence-electron chi connectivity index (χ0n) is 25.3. The van der Waals surface area contributed by atoms with Gasteiger partial charge in [0, 0.05) is 26.2 Å². The van der Waals surface area contributed by atoms with Crippen LogP contribution in [0.2, 0.25) is 0 Å². The van der Waals surface area contributed by atoms with Crippen molar-refractivity contribution in [1.82, 2.24) is 20.1 Å². The molecular weight excluding hydrogens is 558 g/mol. The molecule has 43 heavy (non-hydrogen) atoms. The molecule has 1 atom stereocenters. The van der Waals surface area contributed by atoms with Crippen molar-refractivity contribution in [2.45, 2.75) is 26.3 Å². The normalized spacial score (nSPS) is 11.3. The molecule has 4 N–H and O–H groups in total. The number of nitrogens with two attached hydrogens (primary N) is 1. The summed E-state index contributed by atoms with van der Waals surface area (Å²) in [6.07, 6.45) is 3.30. The molecule has 236 valence electrons. The monoisotopic (exact) mass is 601 g/mol. The molecule has 0 aliphatic carbocycles. The summed E-state index contributed by atoms with van der Waals surface area (Å²) in [5, 5.41) is 6.76. The van der Waals surface area contributed by atoms with Crippen molar-refractivity contribution in [1.29, 1.82) is 0 Å². The Balaban J connectivity index is 0.00000316. The van der Waals surface area contributed by atoms with Gasteiger partial charge in [0.05, 0.1) is 58.5 Å². The quantitative estimate of drug-likeness (QED) is 0.144. The predicted octanol–water partition coefficient (Wildman–Crippen LogP) is 1.70. The molecule has 2 heterocycles. The number of rotatable bonds is 18. The fourth-order valence-corrected chi connectivity index (χ4v) is 3.82. The largest absolute Gasteiger partial charge is 0.489 e. The standard InChI is InChI=1S/C28H37N5O8.C2H6/c1-33-27(35)25(24(19-31-33)41-17-16-40-15-14-39-13-12-38-11-9-29)21-7-5-20(6-8-21)18-23(28(36)37-2)32-26(34)22-4-3-10-30-22;1-2/h3-8,10,19,23,30H,9,11-18,29H2,1-2H3,(H,32,34);1-2H3. The number of hydrogen-bond donors (Lipinski definition) is 3. The maximum atomic E-state index is 13.0. The minimum atomic E-state index is -0.899. The molecule has 0 saturated heterocycles. The molecule has 3 aromatic rings. The van der Waals surface area contributed by atoms with Gasteiger partial charge in [0.1, 0.15) is 18.3 Å². The van der Waals surface area contributed by atoms with Crippen molar-refractivity contribution < 1.29 is 33.3 Å². The molecule has 0 aliphatic rings. The highest BCUT2D eigenvalue weighted by atomic mass is 16.6. The van der Waals surface area contributed by atoms with Crippen LogP contribution >= 0.6 is 0 Å². The number of ether oxygens (including phenoxy) is 5. The molecule has 0 bridgehead atoms. The second-order valence-electron chi connectivity index (χ2n) is 8.82. The number of aromatic nitrogens is 3. The molecular formula is C30H43N5O8. The number of benzene rings is 1. The van der Waals surface area contributed by atoms with Crippen molar-refractivity contribution in [3.05, 3.63) is 70.4 Å². The summed E-state index contributed by atoms with van der Waals surface area (Å²) in [5.74, 6) is -0.671. The molecule has 0 spiro atoms. The van der Waals surface area contributed by atoms with Crippen molar-refractivity contribution in [2.24, 2.45) is 12.8 Å². The second-order valence-corrected chi connectivity index (χ2v) is 8.82. The molecule has 13 heteroatoms. The van der Waals surface area contributed by atoms with Crippen LogP contribution in [0.5, 0.6) is 5.75 Å². The Labute approximate surface area is 251 Å². The summed E-state index contributed by atoms with van der Waals surface area (Å²) in [6, 6.07) is 9.46. The highest BCUT2D eigenvalue weighted by Gasteiger charge is 2.23. The number of carbonyl (C=O) groups excluding carboxylic acids is 2. The number of carbonyl (C=O) groups is 2. The van der Waals surface area contributed by atoms with Gasteiger partial charge in [-0.1, -0.05) is 38.1 Å². The molecule has 0 fully saturated rings. The number of nitrogens with zero attached hydrogens (tertiary/aromatic N) is 2. The van der Waals surface area contributed by atoms with E-state index in [9.17, 15) is 14.4 Å². The number of nitrogens with one attached hydrogen (secondary N) is 2. The Bertz CT molecular complexity index is 1280. The van der Waals surface area contributed by atoms with Gasteiger partial charge in [0.25, 0.3) is 11.5 Å². The number of aromatic amines is 1. The summed E-state index contributed by atoms with van der Waals surface area (Å²) in [4.78, 5) is 40.6. The van der Waals surface area contributed by atoms with E-state index in [-0.39, 0.29) is 18.6 Å². The van der Waals surface area contributed by atoms with E-state index in [0.29, 0.717) is 68.8 Å². The predicted molar refractivity (Wildman–Crippen MR) is 161 cm³/mol. The third kappa shape index (κ3) is 11.6. The molecule has 13 nitrogen and oxygen atoms in total. The van der Waals surface area contributed by atoms with E-state index in [1.807, 2.05) is 13.8 Å². The van der Waals surface area contributed by atoms with Gasteiger partial charge >= 0.3 is 5.97 Å². The minimum absolute atomic E-state index is 0.193. The van der Waals surface area contributed by atoms with E-state index in [2.05, 4.69) is 15.4 Å². The third-order valence-corrected chi connectivity index (χ3v) is 5.91. The van der Waals surface area contributed by atoms with Gasteiger partial charge in [-0.15, -0.1) is 0 Å². The molecule has 1 unspecified atom stereocenters. The molecule has 0 saturated carbocycles. The third-order valence-electron chi connectivity index (χ3n) is 5.91. The number of H-pyrrole nitrogens is 1. The number of esters is 1. The SMILES string of the molecule is CC.COC(=O)C(Cc1ccc(-c2c(OCCOCCOCCOCCN)cnn(C)c2=O)cc1)NC(=O)c1ccc[nH]1. The van der Waals surface area contributed by atoms with Crippen LogP contribution in [0.15, 0.2) is 53.6 Å². The van der Waals surface area contributed by atoms with E-state index in [1.165, 1.54) is 18.0 Å². The fraction of sp³-hybridized carbons (Fsp3) is 0.467. The first-order valence-electron chi connectivity index (χ1n) is 14.2. The van der Waals surface area contributed by atoms with Gasteiger partial charge in [-0.2, -0.15) is 5.10 Å². The van der Waals surface area contributed by atoms with Gasteiger partial charge in [0.15, 0.2) is 5.75 Å². The van der Waals surface area contributed by atoms with Gasteiger partial charge in [-0.25, -0.2) is 9.48 Å². The maximum absolute atomic E-state index is 13.0. The van der Waals surface area contributed by atoms with Crippen LogP contribution in [0.1, 0.15) is 29.9 Å². The van der Waals surface area contributed by atoms with E-state index in [0.717, 1.165) is 5.56 Å². The molecule has 0 radical (unpaired) electrons. The highest BCUT2D eigenvalue weighted by Crippen LogP contribution is 2.26. The zero-order chi connectivity index (χ0) is 31.5. The van der Waals surface area contributed by atoms with Gasteiger partial charge < -0.3 is 39.7 Å². The molecule has 1 amide bonds. The summed E-state index contributed by atoms with van der Waals surface area (Å²) in [7, 11) is 2.82. The van der Waals surface area contributed by atoms with Crippen LogP contribution < -0.4 is 21.3 Å². The van der Waals surface area contributed by atoms with Crippen molar-refractivity contribution in [2.75, 3.05) is 59.9 Å². The number of amides is 1. The Morgan fingerprint density at radius 3 is 2.19 bits per heavy atom. The van der Waals surface area contributed by atoms with Crippen molar-refractivity contribution in [3.63, 3.8) is 0 Å². The average Bonchev–Trinajstić information content (AvgIpc) is 3.58. The lowest BCUT2D eigenvalue weighted by molar-refractivity contribution is -0.142. The van der Waals surface area contributed by atoms with Crippen molar-refractivity contribution >= 4 is 11.9 Å². The lowest BCUT2D eigenvalue weighted by Crippen LogP contribution is -2.43. The van der Waals surface area contributed by atoms with Gasteiger partial charge in [-0.05, 0) is 23.3 Å². The molecule has 2 aromatic heterocycles. The Hall–Kier alpha value is -4.04. The fourth-order valence-electron chi connectivity index (χ4n) is 3.82. The maximum Gasteiger partial charge on any atom is 0.328 e. The van der Waals surface area contributed by atoms with E-state index in [4.69, 9.17) is 29.4 Å². The summed E-state index contributed by atoms with van der Waals surface area (Å²) >= 11 is 0. The van der Waals surface area contributed by atoms with Gasteiger partial charge in [-0.3, -0.25) is 9.59 Å². The first kappa shape index (κ1) is 35.2. The first-order valence-corrected chi connectivity index (χ1v) is 14.2. The molecule has 3 rings (SSSR count). The molecule has 0 aliphatic heterocycles. The van der Waals surface area contributed by atoms with Crippen LogP contribution in [0.3, 0.4) is 0 Å². The first-order chi connectivity index (χ1) is 20.9. The van der Waals surface area contributed by atoms with Crippen LogP contribution in [-0.2, 0) is 37.2 Å². The summed E-state index contributed by atoms with van der Waals surface area (Å²) < 4.78 is 28.1. The lowest BCUT2D eigenvalue weighted by atomic mass is 10.0. The number of methoxy groups -OCH3 is 1. The lowest BCUT2D eigenvalue weighted by Gasteiger charge is -2.17. The second kappa shape index (κ2) is 20.0. The number of hydrogen-bond acceptors (Lipinski definition) is 10. The van der Waals surface area contributed by atoms with Crippen molar-refractivity contribution in [3.8, 4) is 16.9 Å². The Morgan fingerprint density at radius 2 is 1.60 bits per heavy atom. The van der Waals surface area contributed by atoms with E-state index < -0.39 is 17.9 Å². The van der Waals surface area contributed by atoms with Crippen LogP contribution in [0.25, 0.3) is 11.1 Å². The van der Waals surface area contributed by atoms with Crippen LogP contribution in [-0.4, -0.2) is 92.6 Å². The Morgan fingerprint density at radius 1 is 0.977 bits per heavy atom. The summed E-state index contributed by atoms with van der Waals surface area (Å²) in [5.41, 5.74) is 7.07. The average molecular weight is 602 g/mol. The Kier molecular flexibility index (Phi) is 16.3. The number of aryl methyl sites for hydroxylation is 1. The topological polar surface area (TPSA) is 169 Å². The highest BCUT2D eigenvalue weighted by molar-refractivity contribution is 5.95. The summed E-state index contributed by atoms with van der Waals surface area (Å²) in [6.45, 7) is 7.25. The van der Waals surface area contributed by atoms with Crippen LogP contribution in [0.4, 0.5) is 0 Å². The zero-order valence-corrected chi connectivity index (χ0v) is 25.3. The van der Waals surface area contributed by atoms with Gasteiger partial charge in [0.2, 0.25) is 0 Å². The smallest absolute Gasteiger partial charge is 0.328 e. The van der Waals surface area contributed by atoms with E-state index in [1.54, 1.807) is 49.6 Å². The van der Waals surface area contributed by atoms with Crippen LogP contribution in [0, 0.1) is 0 Å².